The molecule has 3 fully saturated rings. The maximum absolute atomic E-state index is 13.4. The lowest BCUT2D eigenvalue weighted by Gasteiger charge is -2.41. The molecule has 0 radical (unpaired) electrons. The van der Waals surface area contributed by atoms with E-state index in [9.17, 15) is 14.0 Å². The van der Waals surface area contributed by atoms with Gasteiger partial charge in [0.05, 0.1) is 12.2 Å². The van der Waals surface area contributed by atoms with Crippen LogP contribution in [0.4, 0.5) is 25.4 Å². The van der Waals surface area contributed by atoms with Gasteiger partial charge in [-0.2, -0.15) is 0 Å². The summed E-state index contributed by atoms with van der Waals surface area (Å²) in [7, 11) is 0. The topological polar surface area (TPSA) is 82.9 Å². The Labute approximate surface area is 270 Å². The fourth-order valence-corrected chi connectivity index (χ4v) is 8.32. The van der Waals surface area contributed by atoms with Gasteiger partial charge in [-0.25, -0.2) is 19.0 Å². The third-order valence-corrected chi connectivity index (χ3v) is 10.5. The van der Waals surface area contributed by atoms with Crippen molar-refractivity contribution >= 4 is 23.5 Å². The molecule has 2 bridgehead atoms. The second-order valence-electron chi connectivity index (χ2n) is 13.4. The molecular weight excluding hydrogens is 583 g/mol. The molecule has 4 aliphatic rings. The summed E-state index contributed by atoms with van der Waals surface area (Å²) in [5.74, 6) is 0.724. The molecule has 1 unspecified atom stereocenters. The van der Waals surface area contributed by atoms with Crippen LogP contribution in [0.25, 0.3) is 0 Å². The maximum Gasteiger partial charge on any atom is 0.410 e. The number of carbonyl (C=O) groups excluding carboxylic acids is 2. The summed E-state index contributed by atoms with van der Waals surface area (Å²) in [6, 6.07) is 16.8. The van der Waals surface area contributed by atoms with Crippen molar-refractivity contribution in [1.82, 2.24) is 19.4 Å². The van der Waals surface area contributed by atoms with Crippen LogP contribution in [0.1, 0.15) is 81.0 Å². The second-order valence-corrected chi connectivity index (χ2v) is 13.4. The molecule has 10 heteroatoms. The van der Waals surface area contributed by atoms with Crippen molar-refractivity contribution in [2.45, 2.75) is 102 Å². The molecule has 1 N–H and O–H groups in total. The molecule has 244 valence electrons. The Morgan fingerprint density at radius 3 is 2.41 bits per heavy atom. The van der Waals surface area contributed by atoms with Crippen LogP contribution in [0.15, 0.2) is 54.6 Å². The first-order valence-electron chi connectivity index (χ1n) is 17.1. The Kier molecular flexibility index (Phi) is 8.97. The van der Waals surface area contributed by atoms with E-state index in [0.717, 1.165) is 75.1 Å². The summed E-state index contributed by atoms with van der Waals surface area (Å²) < 4.78 is 21.7. The lowest BCUT2D eigenvalue weighted by atomic mass is 9.95. The van der Waals surface area contributed by atoms with Crippen LogP contribution in [0.2, 0.25) is 0 Å². The zero-order valence-corrected chi connectivity index (χ0v) is 26.7. The molecule has 1 aliphatic carbocycles. The molecule has 1 aromatic heterocycles. The van der Waals surface area contributed by atoms with Gasteiger partial charge in [-0.1, -0.05) is 18.2 Å². The highest BCUT2D eigenvalue weighted by atomic mass is 19.1. The Bertz CT molecular complexity index is 1510. The number of amides is 3. The molecule has 7 rings (SSSR count). The number of urea groups is 1. The lowest BCUT2D eigenvalue weighted by Crippen LogP contribution is -2.45. The van der Waals surface area contributed by atoms with Gasteiger partial charge in [-0.15, -0.1) is 0 Å². The number of piperidine rings is 1. The van der Waals surface area contributed by atoms with Crippen molar-refractivity contribution in [2.75, 3.05) is 29.9 Å². The van der Waals surface area contributed by atoms with Crippen molar-refractivity contribution < 1.29 is 18.7 Å². The summed E-state index contributed by atoms with van der Waals surface area (Å²) in [5.41, 5.74) is 3.74. The number of rotatable bonds is 8. The summed E-state index contributed by atoms with van der Waals surface area (Å²) in [6.07, 6.45) is 10.4. The largest absolute Gasteiger partial charge is 0.446 e. The van der Waals surface area contributed by atoms with Gasteiger partial charge in [-0.05, 0) is 101 Å². The molecule has 46 heavy (non-hydrogen) atoms. The van der Waals surface area contributed by atoms with E-state index in [1.54, 1.807) is 17.0 Å². The van der Waals surface area contributed by atoms with Crippen molar-refractivity contribution in [1.29, 1.82) is 0 Å². The van der Waals surface area contributed by atoms with E-state index < -0.39 is 0 Å². The molecule has 4 heterocycles. The molecule has 0 spiro atoms. The average Bonchev–Trinajstić information content (AvgIpc) is 3.75. The fraction of sp³-hybridized carbons (Fsp3) is 0.528. The number of aryl methyl sites for hydroxylation is 1. The van der Waals surface area contributed by atoms with Crippen molar-refractivity contribution in [2.24, 2.45) is 0 Å². The molecule has 9 nitrogen and oxygen atoms in total. The van der Waals surface area contributed by atoms with E-state index in [1.165, 1.54) is 30.7 Å². The molecule has 3 amide bonds. The van der Waals surface area contributed by atoms with Crippen LogP contribution in [0.5, 0.6) is 0 Å². The molecule has 1 saturated carbocycles. The molecular formula is C36H45FN6O3. The van der Waals surface area contributed by atoms with Gasteiger partial charge in [0.25, 0.3) is 0 Å². The van der Waals surface area contributed by atoms with Crippen LogP contribution in [-0.2, 0) is 17.7 Å². The number of benzene rings is 2. The predicted molar refractivity (Wildman–Crippen MR) is 175 cm³/mol. The standard InChI is InChI=1S/C36H45FN6O3/c1-25-38-33-24-40(36(45)46-32-10-5-6-11-32)21-18-34(33)43(25)31-22-29-16-17-30(23-31)41(29)19-7-20-42(28-8-3-2-4-9-28)35(44)39-27-14-12-26(37)13-15-27/h2-4,8-9,12-15,29-32H,5-7,10-11,16-24H2,1H3,(H,39,44)/t29-,30+,31?. The predicted octanol–water partition coefficient (Wildman–Crippen LogP) is 7.06. The quantitative estimate of drug-likeness (QED) is 0.289. The molecule has 3 atom stereocenters. The Balaban J connectivity index is 0.966. The van der Waals surface area contributed by atoms with Gasteiger partial charge < -0.3 is 19.5 Å². The summed E-state index contributed by atoms with van der Waals surface area (Å²) in [5, 5.41) is 2.93. The summed E-state index contributed by atoms with van der Waals surface area (Å²) in [6.45, 7) is 4.86. The highest BCUT2D eigenvalue weighted by molar-refractivity contribution is 6.01. The van der Waals surface area contributed by atoms with Gasteiger partial charge in [0.2, 0.25) is 0 Å². The number of ether oxygens (including phenoxy) is 1. The van der Waals surface area contributed by atoms with Crippen molar-refractivity contribution in [3.05, 3.63) is 77.6 Å². The molecule has 3 aliphatic heterocycles. The van der Waals surface area contributed by atoms with Gasteiger partial charge >= 0.3 is 12.1 Å². The fourth-order valence-electron chi connectivity index (χ4n) is 8.32. The van der Waals surface area contributed by atoms with E-state index >= 15 is 0 Å². The van der Waals surface area contributed by atoms with Gasteiger partial charge in [0, 0.05) is 61.2 Å². The third kappa shape index (κ3) is 6.49. The van der Waals surface area contributed by atoms with Gasteiger partial charge in [0.1, 0.15) is 17.7 Å². The summed E-state index contributed by atoms with van der Waals surface area (Å²) in [4.78, 5) is 37.5. The van der Waals surface area contributed by atoms with Crippen LogP contribution < -0.4 is 10.2 Å². The number of carbonyl (C=O) groups is 2. The number of aromatic nitrogens is 2. The first kappa shape index (κ1) is 30.7. The molecule has 3 aromatic rings. The minimum atomic E-state index is -0.331. The monoisotopic (exact) mass is 628 g/mol. The molecule has 2 saturated heterocycles. The number of anilines is 2. The normalized spacial score (nSPS) is 22.9. The van der Waals surface area contributed by atoms with Crippen LogP contribution in [0.3, 0.4) is 0 Å². The minimum absolute atomic E-state index is 0.0776. The number of nitrogens with one attached hydrogen (secondary N) is 1. The first-order valence-corrected chi connectivity index (χ1v) is 17.1. The Morgan fingerprint density at radius 2 is 1.70 bits per heavy atom. The Morgan fingerprint density at radius 1 is 0.978 bits per heavy atom. The van der Waals surface area contributed by atoms with Crippen LogP contribution in [-0.4, -0.2) is 69.3 Å². The Hall–Kier alpha value is -3.92. The van der Waals surface area contributed by atoms with E-state index in [0.29, 0.717) is 43.4 Å². The highest BCUT2D eigenvalue weighted by Gasteiger charge is 2.42. The van der Waals surface area contributed by atoms with E-state index in [4.69, 9.17) is 9.72 Å². The van der Waals surface area contributed by atoms with Crippen molar-refractivity contribution in [3.8, 4) is 0 Å². The second kappa shape index (κ2) is 13.4. The minimum Gasteiger partial charge on any atom is -0.446 e. The van der Waals surface area contributed by atoms with Crippen LogP contribution in [0, 0.1) is 12.7 Å². The number of nitrogens with zero attached hydrogens (tertiary/aromatic N) is 5. The number of hydrogen-bond donors (Lipinski definition) is 1. The number of para-hydroxylation sites is 1. The zero-order valence-electron chi connectivity index (χ0n) is 26.7. The molecule has 2 aromatic carbocycles. The van der Waals surface area contributed by atoms with Crippen LogP contribution >= 0.6 is 0 Å². The number of imidazole rings is 1. The van der Waals surface area contributed by atoms with E-state index in [2.05, 4.69) is 21.7 Å². The van der Waals surface area contributed by atoms with Crippen molar-refractivity contribution in [3.63, 3.8) is 0 Å². The zero-order chi connectivity index (χ0) is 31.6. The third-order valence-electron chi connectivity index (χ3n) is 10.5. The SMILES string of the molecule is Cc1nc2c(n1C1C[C@H]3CC[C@@H](C1)N3CCCN(C(=O)Nc1ccc(F)cc1)c1ccccc1)CCN(C(=O)OC1CCCC1)C2. The van der Waals surface area contributed by atoms with Gasteiger partial charge in [0.15, 0.2) is 0 Å². The van der Waals surface area contributed by atoms with E-state index in [1.807, 2.05) is 35.2 Å². The lowest BCUT2D eigenvalue weighted by molar-refractivity contribution is 0.0609. The first-order chi connectivity index (χ1) is 22.4. The highest BCUT2D eigenvalue weighted by Crippen LogP contribution is 2.42. The number of fused-ring (bicyclic) bond motifs is 3. The van der Waals surface area contributed by atoms with E-state index in [-0.39, 0.29) is 24.0 Å². The maximum atomic E-state index is 13.4. The summed E-state index contributed by atoms with van der Waals surface area (Å²) >= 11 is 0. The van der Waals surface area contributed by atoms with Gasteiger partial charge in [-0.3, -0.25) is 9.80 Å². The number of halogens is 1. The number of hydrogen-bond acceptors (Lipinski definition) is 5. The average molecular weight is 629 g/mol. The smallest absolute Gasteiger partial charge is 0.410 e.